The van der Waals surface area contributed by atoms with Crippen molar-refractivity contribution < 1.29 is 22.7 Å². The van der Waals surface area contributed by atoms with Crippen LogP contribution >= 0.6 is 22.9 Å². The number of amides is 1. The third-order valence-electron chi connectivity index (χ3n) is 5.91. The minimum atomic E-state index is -3.12. The molecule has 0 spiro atoms. The van der Waals surface area contributed by atoms with Crippen molar-refractivity contribution >= 4 is 44.7 Å². The molecule has 1 atom stereocenters. The molecule has 4 rings (SSSR count). The number of esters is 1. The highest BCUT2D eigenvalue weighted by Gasteiger charge is 2.39. The van der Waals surface area contributed by atoms with Crippen LogP contribution < -0.4 is 0 Å². The number of rotatable bonds is 7. The molecule has 1 aromatic carbocycles. The lowest BCUT2D eigenvalue weighted by Gasteiger charge is -2.33. The number of ether oxygens (including phenoxy) is 1. The molecule has 1 aromatic heterocycles. The summed E-state index contributed by atoms with van der Waals surface area (Å²) in [5.41, 5.74) is 1.44. The molecule has 1 aliphatic heterocycles. The summed E-state index contributed by atoms with van der Waals surface area (Å²) < 4.78 is 29.1. The Labute approximate surface area is 196 Å². The number of aromatic nitrogens is 1. The number of hydrogen-bond donors (Lipinski definition) is 0. The molecule has 1 unspecified atom stereocenters. The average Bonchev–Trinajstić information content (AvgIpc) is 3.49. The molecule has 1 aliphatic carbocycles. The van der Waals surface area contributed by atoms with E-state index in [4.69, 9.17) is 16.3 Å². The number of halogens is 1. The molecule has 0 radical (unpaired) electrons. The molecule has 7 nitrogen and oxygen atoms in total. The summed E-state index contributed by atoms with van der Waals surface area (Å²) in [5, 5.41) is 3.15. The van der Waals surface area contributed by atoms with Gasteiger partial charge in [-0.2, -0.15) is 0 Å². The molecule has 32 heavy (non-hydrogen) atoms. The Morgan fingerprint density at radius 1 is 1.19 bits per heavy atom. The van der Waals surface area contributed by atoms with Crippen LogP contribution in [0, 0.1) is 0 Å². The van der Waals surface area contributed by atoms with Crippen LogP contribution in [-0.4, -0.2) is 60.4 Å². The van der Waals surface area contributed by atoms with Crippen molar-refractivity contribution in [2.75, 3.05) is 18.1 Å². The van der Waals surface area contributed by atoms with Gasteiger partial charge < -0.3 is 9.64 Å². The Bertz CT molecular complexity index is 1100. The predicted molar refractivity (Wildman–Crippen MR) is 123 cm³/mol. The number of carbonyl (C=O) groups excluding carboxylic acids is 2. The van der Waals surface area contributed by atoms with E-state index in [1.54, 1.807) is 16.3 Å². The van der Waals surface area contributed by atoms with Gasteiger partial charge in [0.15, 0.2) is 16.4 Å². The minimum Gasteiger partial charge on any atom is -0.455 e. The summed E-state index contributed by atoms with van der Waals surface area (Å²) in [5.74, 6) is -0.752. The van der Waals surface area contributed by atoms with Crippen molar-refractivity contribution in [2.24, 2.45) is 0 Å². The molecule has 1 saturated carbocycles. The van der Waals surface area contributed by atoms with Gasteiger partial charge in [-0.05, 0) is 31.4 Å². The maximum atomic E-state index is 12.9. The zero-order valence-corrected chi connectivity index (χ0v) is 19.9. The first-order valence-electron chi connectivity index (χ1n) is 10.7. The Morgan fingerprint density at radius 3 is 2.66 bits per heavy atom. The second kappa shape index (κ2) is 9.89. The van der Waals surface area contributed by atoms with E-state index in [0.717, 1.165) is 36.3 Å². The van der Waals surface area contributed by atoms with Gasteiger partial charge in [0.1, 0.15) is 5.01 Å². The van der Waals surface area contributed by atoms with Gasteiger partial charge in [-0.1, -0.05) is 36.6 Å². The molecule has 1 amide bonds. The molecule has 2 fully saturated rings. The van der Waals surface area contributed by atoms with Crippen molar-refractivity contribution in [1.82, 2.24) is 9.88 Å². The molecular weight excluding hydrogens is 472 g/mol. The first-order chi connectivity index (χ1) is 15.3. The van der Waals surface area contributed by atoms with E-state index in [-0.39, 0.29) is 42.5 Å². The Kier molecular flexibility index (Phi) is 7.17. The maximum absolute atomic E-state index is 12.9. The van der Waals surface area contributed by atoms with E-state index in [0.29, 0.717) is 17.1 Å². The molecule has 172 valence electrons. The van der Waals surface area contributed by atoms with E-state index in [1.165, 1.54) is 11.3 Å². The Balaban J connectivity index is 1.34. The SMILES string of the molecule is O=C(Cc1csc(-c2cccc(Cl)c2)n1)OCC(=O)N(C1CCCC1)C1CCS(=O)(=O)C1. The minimum absolute atomic E-state index is 0.00567. The molecule has 0 bridgehead atoms. The van der Waals surface area contributed by atoms with Crippen molar-refractivity contribution in [3.8, 4) is 10.6 Å². The van der Waals surface area contributed by atoms with Crippen molar-refractivity contribution in [3.05, 3.63) is 40.4 Å². The van der Waals surface area contributed by atoms with Gasteiger partial charge in [-0.3, -0.25) is 9.59 Å². The zero-order valence-electron chi connectivity index (χ0n) is 17.5. The van der Waals surface area contributed by atoms with E-state index < -0.39 is 15.8 Å². The number of carbonyl (C=O) groups is 2. The number of nitrogens with zero attached hydrogens (tertiary/aromatic N) is 2. The summed E-state index contributed by atoms with van der Waals surface area (Å²) in [6.45, 7) is -0.378. The van der Waals surface area contributed by atoms with E-state index in [9.17, 15) is 18.0 Å². The second-order valence-electron chi connectivity index (χ2n) is 8.29. The van der Waals surface area contributed by atoms with Crippen LogP contribution in [0.5, 0.6) is 0 Å². The van der Waals surface area contributed by atoms with Crippen LogP contribution in [0.25, 0.3) is 10.6 Å². The Hall–Kier alpha value is -1.97. The topological polar surface area (TPSA) is 93.6 Å². The molecule has 2 aliphatic rings. The maximum Gasteiger partial charge on any atom is 0.312 e. The number of hydrogen-bond acceptors (Lipinski definition) is 7. The van der Waals surface area contributed by atoms with Gasteiger partial charge in [0, 0.05) is 28.0 Å². The third kappa shape index (κ3) is 5.68. The van der Waals surface area contributed by atoms with E-state index in [1.807, 2.05) is 18.2 Å². The van der Waals surface area contributed by atoms with Crippen LogP contribution in [-0.2, 0) is 30.6 Å². The summed E-state index contributed by atoms with van der Waals surface area (Å²) >= 11 is 7.43. The largest absolute Gasteiger partial charge is 0.455 e. The van der Waals surface area contributed by atoms with Crippen molar-refractivity contribution in [1.29, 1.82) is 0 Å². The predicted octanol–water partition coefficient (Wildman–Crippen LogP) is 3.51. The summed E-state index contributed by atoms with van der Waals surface area (Å²) in [4.78, 5) is 31.4. The molecule has 10 heteroatoms. The fourth-order valence-electron chi connectivity index (χ4n) is 4.44. The fraction of sp³-hybridized carbons (Fsp3) is 0.500. The van der Waals surface area contributed by atoms with Gasteiger partial charge in [0.2, 0.25) is 0 Å². The molecule has 0 N–H and O–H groups in total. The monoisotopic (exact) mass is 496 g/mol. The highest BCUT2D eigenvalue weighted by Crippen LogP contribution is 2.29. The first kappa shape index (κ1) is 23.2. The van der Waals surface area contributed by atoms with Crippen LogP contribution in [0.1, 0.15) is 37.8 Å². The van der Waals surface area contributed by atoms with Crippen molar-refractivity contribution in [2.45, 2.75) is 50.6 Å². The van der Waals surface area contributed by atoms with Gasteiger partial charge in [0.05, 0.1) is 23.6 Å². The van der Waals surface area contributed by atoms with Crippen LogP contribution in [0.3, 0.4) is 0 Å². The van der Waals surface area contributed by atoms with Gasteiger partial charge >= 0.3 is 5.97 Å². The fourth-order valence-corrected chi connectivity index (χ4v) is 7.16. The lowest BCUT2D eigenvalue weighted by atomic mass is 10.1. The highest BCUT2D eigenvalue weighted by molar-refractivity contribution is 7.91. The Morgan fingerprint density at radius 2 is 1.97 bits per heavy atom. The summed E-state index contributed by atoms with van der Waals surface area (Å²) in [6, 6.07) is 7.02. The van der Waals surface area contributed by atoms with E-state index >= 15 is 0 Å². The average molecular weight is 497 g/mol. The number of sulfone groups is 1. The molecule has 1 saturated heterocycles. The van der Waals surface area contributed by atoms with Gasteiger partial charge in [-0.25, -0.2) is 13.4 Å². The summed E-state index contributed by atoms with van der Waals surface area (Å²) in [7, 11) is -3.12. The molecule has 2 aromatic rings. The molecule has 2 heterocycles. The summed E-state index contributed by atoms with van der Waals surface area (Å²) in [6.07, 6.45) is 4.18. The first-order valence-corrected chi connectivity index (χ1v) is 13.8. The smallest absolute Gasteiger partial charge is 0.312 e. The quantitative estimate of drug-likeness (QED) is 0.544. The van der Waals surface area contributed by atoms with Crippen LogP contribution in [0.4, 0.5) is 0 Å². The second-order valence-corrected chi connectivity index (χ2v) is 11.8. The molecular formula is C22H25ClN2O5S2. The van der Waals surface area contributed by atoms with Crippen molar-refractivity contribution in [3.63, 3.8) is 0 Å². The van der Waals surface area contributed by atoms with Crippen LogP contribution in [0.2, 0.25) is 5.02 Å². The zero-order chi connectivity index (χ0) is 22.7. The normalized spacial score (nSPS) is 20.3. The lowest BCUT2D eigenvalue weighted by Crippen LogP contribution is -2.48. The standard InChI is InChI=1S/C22H25ClN2O5S2/c23-16-5-3-4-15(10-16)22-24-17(13-31-22)11-21(27)30-12-20(26)25(18-6-1-2-7-18)19-8-9-32(28,29)14-19/h3-5,10,13,18-19H,1-2,6-9,11-12,14H2. The number of thiazole rings is 1. The number of benzene rings is 1. The highest BCUT2D eigenvalue weighted by atomic mass is 35.5. The van der Waals surface area contributed by atoms with Crippen LogP contribution in [0.15, 0.2) is 29.6 Å². The van der Waals surface area contributed by atoms with Gasteiger partial charge in [0.25, 0.3) is 5.91 Å². The van der Waals surface area contributed by atoms with E-state index in [2.05, 4.69) is 4.98 Å². The van der Waals surface area contributed by atoms with Gasteiger partial charge in [-0.15, -0.1) is 11.3 Å². The lowest BCUT2D eigenvalue weighted by molar-refractivity contribution is -0.153. The third-order valence-corrected chi connectivity index (χ3v) is 8.84.